The number of ether oxygens (including phenoxy) is 1. The van der Waals surface area contributed by atoms with Gasteiger partial charge in [0.05, 0.1) is 12.8 Å². The van der Waals surface area contributed by atoms with Gasteiger partial charge in [0.15, 0.2) is 11.6 Å². The highest BCUT2D eigenvalue weighted by molar-refractivity contribution is 5.29. The van der Waals surface area contributed by atoms with Gasteiger partial charge in [0, 0.05) is 18.7 Å². The Balaban J connectivity index is 2.41. The van der Waals surface area contributed by atoms with Crippen molar-refractivity contribution in [3.8, 4) is 5.88 Å². The highest BCUT2D eigenvalue weighted by atomic mass is 19.2. The lowest BCUT2D eigenvalue weighted by Crippen LogP contribution is -2.05. The number of aliphatic hydroxyl groups excluding tert-OH is 1. The van der Waals surface area contributed by atoms with Crippen molar-refractivity contribution in [1.29, 1.82) is 0 Å². The molecule has 1 heterocycles. The van der Waals surface area contributed by atoms with E-state index in [1.165, 1.54) is 30.0 Å². The first-order chi connectivity index (χ1) is 8.54. The fraction of sp³-hybridized carbons (Fsp3) is 0.250. The monoisotopic (exact) mass is 254 g/mol. The summed E-state index contributed by atoms with van der Waals surface area (Å²) in [6.07, 6.45) is -1.34. The summed E-state index contributed by atoms with van der Waals surface area (Å²) in [5.74, 6) is -1.66. The van der Waals surface area contributed by atoms with Crippen LogP contribution in [0.1, 0.15) is 17.4 Å². The summed E-state index contributed by atoms with van der Waals surface area (Å²) in [6, 6.07) is 5.10. The van der Waals surface area contributed by atoms with E-state index in [4.69, 9.17) is 4.74 Å². The quantitative estimate of drug-likeness (QED) is 0.908. The maximum absolute atomic E-state index is 13.5. The van der Waals surface area contributed by atoms with Crippen LogP contribution in [-0.4, -0.2) is 22.0 Å². The number of aryl methyl sites for hydroxylation is 1. The van der Waals surface area contributed by atoms with Crippen LogP contribution in [0.2, 0.25) is 0 Å². The summed E-state index contributed by atoms with van der Waals surface area (Å²) >= 11 is 0. The van der Waals surface area contributed by atoms with Crippen LogP contribution < -0.4 is 4.74 Å². The van der Waals surface area contributed by atoms with Gasteiger partial charge in [-0.25, -0.2) is 13.5 Å². The van der Waals surface area contributed by atoms with Crippen molar-refractivity contribution in [3.63, 3.8) is 0 Å². The fourth-order valence-electron chi connectivity index (χ4n) is 1.69. The molecule has 18 heavy (non-hydrogen) atoms. The van der Waals surface area contributed by atoms with Gasteiger partial charge in [-0.2, -0.15) is 5.10 Å². The Hall–Kier alpha value is -1.95. The summed E-state index contributed by atoms with van der Waals surface area (Å²) in [7, 11) is 3.08. The van der Waals surface area contributed by atoms with Crippen molar-refractivity contribution in [2.24, 2.45) is 7.05 Å². The maximum Gasteiger partial charge on any atom is 0.211 e. The first kappa shape index (κ1) is 12.5. The van der Waals surface area contributed by atoms with E-state index in [9.17, 15) is 13.9 Å². The van der Waals surface area contributed by atoms with Crippen molar-refractivity contribution in [2.45, 2.75) is 6.10 Å². The molecule has 0 saturated carbocycles. The molecule has 0 amide bonds. The number of hydrogen-bond acceptors (Lipinski definition) is 3. The third-order valence-electron chi connectivity index (χ3n) is 2.62. The lowest BCUT2D eigenvalue weighted by atomic mass is 10.1. The Morgan fingerprint density at radius 3 is 2.72 bits per heavy atom. The average molecular weight is 254 g/mol. The first-order valence-corrected chi connectivity index (χ1v) is 5.24. The van der Waals surface area contributed by atoms with Gasteiger partial charge in [0.2, 0.25) is 5.88 Å². The lowest BCUT2D eigenvalue weighted by molar-refractivity contribution is 0.207. The normalized spacial score (nSPS) is 12.5. The number of aromatic nitrogens is 2. The standard InChI is InChI=1S/C12H12F2N2O2/c1-16-10(18-2)6-9(15-16)12(17)7-4-3-5-8(13)11(7)14/h3-6,12,17H,1-2H3. The van der Waals surface area contributed by atoms with E-state index < -0.39 is 17.7 Å². The van der Waals surface area contributed by atoms with Crippen molar-refractivity contribution in [2.75, 3.05) is 7.11 Å². The largest absolute Gasteiger partial charge is 0.481 e. The Bertz CT molecular complexity index is 569. The molecule has 1 aromatic carbocycles. The number of nitrogens with zero attached hydrogens (tertiary/aromatic N) is 2. The van der Waals surface area contributed by atoms with E-state index in [-0.39, 0.29) is 11.3 Å². The molecular weight excluding hydrogens is 242 g/mol. The smallest absolute Gasteiger partial charge is 0.211 e. The summed E-state index contributed by atoms with van der Waals surface area (Å²) in [4.78, 5) is 0. The summed E-state index contributed by atoms with van der Waals surface area (Å²) in [6.45, 7) is 0. The minimum Gasteiger partial charge on any atom is -0.481 e. The zero-order valence-electron chi connectivity index (χ0n) is 9.89. The molecule has 4 nitrogen and oxygen atoms in total. The van der Waals surface area contributed by atoms with E-state index in [1.807, 2.05) is 0 Å². The molecule has 0 saturated heterocycles. The molecule has 1 aromatic heterocycles. The topological polar surface area (TPSA) is 47.3 Å². The molecule has 0 aliphatic heterocycles. The molecule has 0 bridgehead atoms. The van der Waals surface area contributed by atoms with Gasteiger partial charge in [0.1, 0.15) is 6.10 Å². The Kier molecular flexibility index (Phi) is 3.29. The number of methoxy groups -OCH3 is 1. The van der Waals surface area contributed by atoms with Crippen molar-refractivity contribution in [3.05, 3.63) is 47.2 Å². The van der Waals surface area contributed by atoms with E-state index in [0.717, 1.165) is 6.07 Å². The minimum absolute atomic E-state index is 0.157. The number of benzene rings is 1. The molecule has 2 rings (SSSR count). The molecule has 1 N–H and O–H groups in total. The van der Waals surface area contributed by atoms with Gasteiger partial charge < -0.3 is 9.84 Å². The number of aliphatic hydroxyl groups is 1. The summed E-state index contributed by atoms with van der Waals surface area (Å²) in [5.41, 5.74) is 0.0367. The van der Waals surface area contributed by atoms with Crippen LogP contribution in [0.15, 0.2) is 24.3 Å². The fourth-order valence-corrected chi connectivity index (χ4v) is 1.69. The highest BCUT2D eigenvalue weighted by Gasteiger charge is 2.21. The van der Waals surface area contributed by atoms with Crippen LogP contribution in [0.3, 0.4) is 0 Å². The van der Waals surface area contributed by atoms with Crippen LogP contribution in [0, 0.1) is 11.6 Å². The molecular formula is C12H12F2N2O2. The van der Waals surface area contributed by atoms with Crippen LogP contribution in [0.25, 0.3) is 0 Å². The molecule has 0 radical (unpaired) electrons. The predicted octanol–water partition coefficient (Wildman–Crippen LogP) is 1.79. The molecule has 0 spiro atoms. The second-order valence-corrected chi connectivity index (χ2v) is 3.78. The third kappa shape index (κ3) is 2.06. The predicted molar refractivity (Wildman–Crippen MR) is 60.2 cm³/mol. The van der Waals surface area contributed by atoms with E-state index in [0.29, 0.717) is 5.88 Å². The van der Waals surface area contributed by atoms with Crippen LogP contribution in [0.4, 0.5) is 8.78 Å². The number of halogens is 2. The molecule has 1 unspecified atom stereocenters. The second kappa shape index (κ2) is 4.73. The van der Waals surface area contributed by atoms with Gasteiger partial charge in [-0.1, -0.05) is 12.1 Å². The molecule has 1 atom stereocenters. The van der Waals surface area contributed by atoms with E-state index in [2.05, 4.69) is 5.10 Å². The van der Waals surface area contributed by atoms with Gasteiger partial charge in [0.25, 0.3) is 0 Å². The Morgan fingerprint density at radius 1 is 1.39 bits per heavy atom. The van der Waals surface area contributed by atoms with E-state index >= 15 is 0 Å². The molecule has 0 aliphatic rings. The molecule has 0 aliphatic carbocycles. The zero-order valence-corrected chi connectivity index (χ0v) is 9.89. The van der Waals surface area contributed by atoms with Gasteiger partial charge in [-0.15, -0.1) is 0 Å². The zero-order chi connectivity index (χ0) is 13.3. The van der Waals surface area contributed by atoms with Crippen LogP contribution in [-0.2, 0) is 7.05 Å². The van der Waals surface area contributed by atoms with E-state index in [1.54, 1.807) is 7.05 Å². The van der Waals surface area contributed by atoms with Gasteiger partial charge >= 0.3 is 0 Å². The van der Waals surface area contributed by atoms with Crippen LogP contribution in [0.5, 0.6) is 5.88 Å². The van der Waals surface area contributed by atoms with Gasteiger partial charge in [-0.05, 0) is 6.07 Å². The number of hydrogen-bond donors (Lipinski definition) is 1. The Morgan fingerprint density at radius 2 is 2.11 bits per heavy atom. The molecule has 0 fully saturated rings. The van der Waals surface area contributed by atoms with Gasteiger partial charge in [-0.3, -0.25) is 0 Å². The second-order valence-electron chi connectivity index (χ2n) is 3.78. The third-order valence-corrected chi connectivity index (χ3v) is 2.62. The molecule has 6 heteroatoms. The summed E-state index contributed by atoms with van der Waals surface area (Å²) < 4.78 is 33.0. The minimum atomic E-state index is -1.34. The first-order valence-electron chi connectivity index (χ1n) is 5.24. The van der Waals surface area contributed by atoms with Crippen molar-refractivity contribution < 1.29 is 18.6 Å². The number of rotatable bonds is 3. The highest BCUT2D eigenvalue weighted by Crippen LogP contribution is 2.26. The molecule has 2 aromatic rings. The SMILES string of the molecule is COc1cc(C(O)c2cccc(F)c2F)nn1C. The Labute approximate surface area is 102 Å². The maximum atomic E-state index is 13.5. The van der Waals surface area contributed by atoms with Crippen LogP contribution >= 0.6 is 0 Å². The molecule has 96 valence electrons. The van der Waals surface area contributed by atoms with Crippen molar-refractivity contribution in [1.82, 2.24) is 9.78 Å². The summed E-state index contributed by atoms with van der Waals surface area (Å²) in [5, 5.41) is 14.0. The van der Waals surface area contributed by atoms with Crippen molar-refractivity contribution >= 4 is 0 Å². The average Bonchev–Trinajstić information content (AvgIpc) is 2.73. The lowest BCUT2D eigenvalue weighted by Gasteiger charge is -2.09.